The minimum Gasteiger partial charge on any atom is -0.497 e. The van der Waals surface area contributed by atoms with Crippen molar-refractivity contribution in [2.24, 2.45) is 23.7 Å². The first-order chi connectivity index (χ1) is 11.2. The Bertz CT molecular complexity index is 545. The van der Waals surface area contributed by atoms with Crippen molar-refractivity contribution < 1.29 is 4.74 Å². The SMILES string of the molecule is CCC(C)c1cccc(C=COC2C3CC4CC(C3)CC2C4)c1. The maximum atomic E-state index is 6.27. The molecule has 1 unspecified atom stereocenters. The highest BCUT2D eigenvalue weighted by Crippen LogP contribution is 2.54. The molecule has 1 atom stereocenters. The zero-order valence-corrected chi connectivity index (χ0v) is 14.6. The Kier molecular flexibility index (Phi) is 4.22. The fourth-order valence-electron chi connectivity index (χ4n) is 5.51. The lowest BCUT2D eigenvalue weighted by Gasteiger charge is -2.53. The van der Waals surface area contributed by atoms with Crippen LogP contribution in [0, 0.1) is 23.7 Å². The van der Waals surface area contributed by atoms with Crippen LogP contribution in [0.25, 0.3) is 6.08 Å². The van der Waals surface area contributed by atoms with Crippen LogP contribution in [0.5, 0.6) is 0 Å². The zero-order valence-electron chi connectivity index (χ0n) is 14.6. The fraction of sp³-hybridized carbons (Fsp3) is 0.636. The molecule has 4 aliphatic rings. The number of benzene rings is 1. The van der Waals surface area contributed by atoms with Crippen LogP contribution in [0.1, 0.15) is 69.4 Å². The minimum absolute atomic E-state index is 0.497. The lowest BCUT2D eigenvalue weighted by atomic mass is 9.55. The number of ether oxygens (including phenoxy) is 1. The molecule has 4 fully saturated rings. The van der Waals surface area contributed by atoms with Gasteiger partial charge in [0.05, 0.1) is 6.26 Å². The van der Waals surface area contributed by atoms with Gasteiger partial charge >= 0.3 is 0 Å². The van der Waals surface area contributed by atoms with Gasteiger partial charge in [0.25, 0.3) is 0 Å². The molecule has 0 saturated heterocycles. The van der Waals surface area contributed by atoms with Gasteiger partial charge in [-0.05, 0) is 85.3 Å². The van der Waals surface area contributed by atoms with Crippen LogP contribution in [-0.2, 0) is 4.74 Å². The summed E-state index contributed by atoms with van der Waals surface area (Å²) in [6.45, 7) is 4.55. The molecule has 0 N–H and O–H groups in total. The molecule has 0 heterocycles. The summed E-state index contributed by atoms with van der Waals surface area (Å²) in [5.41, 5.74) is 2.70. The third-order valence-corrected chi connectivity index (χ3v) is 6.73. The Hall–Kier alpha value is -1.24. The molecule has 1 nitrogen and oxygen atoms in total. The normalized spacial score (nSPS) is 36.5. The van der Waals surface area contributed by atoms with Crippen molar-refractivity contribution in [1.82, 2.24) is 0 Å². The van der Waals surface area contributed by atoms with Crippen LogP contribution < -0.4 is 0 Å². The van der Waals surface area contributed by atoms with Crippen LogP contribution in [-0.4, -0.2) is 6.10 Å². The molecule has 4 aliphatic carbocycles. The van der Waals surface area contributed by atoms with Crippen LogP contribution >= 0.6 is 0 Å². The molecular weight excluding hydrogens is 280 g/mol. The second-order valence-electron chi connectivity index (χ2n) is 8.31. The first kappa shape index (κ1) is 15.3. The van der Waals surface area contributed by atoms with E-state index in [1.807, 2.05) is 6.26 Å². The molecule has 1 aromatic carbocycles. The first-order valence-corrected chi connectivity index (χ1v) is 9.65. The average Bonchev–Trinajstić information content (AvgIpc) is 2.56. The largest absolute Gasteiger partial charge is 0.497 e. The van der Waals surface area contributed by atoms with Crippen LogP contribution in [0.15, 0.2) is 30.5 Å². The van der Waals surface area contributed by atoms with E-state index in [1.54, 1.807) is 0 Å². The van der Waals surface area contributed by atoms with Gasteiger partial charge in [0.2, 0.25) is 0 Å². The number of hydrogen-bond donors (Lipinski definition) is 0. The van der Waals surface area contributed by atoms with Crippen molar-refractivity contribution in [3.63, 3.8) is 0 Å². The molecule has 23 heavy (non-hydrogen) atoms. The maximum Gasteiger partial charge on any atom is 0.103 e. The topological polar surface area (TPSA) is 9.23 Å². The third-order valence-electron chi connectivity index (χ3n) is 6.73. The highest BCUT2D eigenvalue weighted by molar-refractivity contribution is 5.49. The molecule has 0 aromatic heterocycles. The van der Waals surface area contributed by atoms with E-state index in [-0.39, 0.29) is 0 Å². The standard InChI is InChI=1S/C22H30O/c1-3-15(2)19-6-4-5-16(10-19)7-8-23-22-20-11-17-9-18(13-20)14-21(22)12-17/h4-8,10,15,17-18,20-22H,3,9,11-14H2,1-2H3. The predicted octanol–water partition coefficient (Wildman–Crippen LogP) is 6.01. The van der Waals surface area contributed by atoms with Gasteiger partial charge in [-0.3, -0.25) is 0 Å². The van der Waals surface area contributed by atoms with Crippen molar-refractivity contribution >= 4 is 6.08 Å². The number of hydrogen-bond acceptors (Lipinski definition) is 1. The summed E-state index contributed by atoms with van der Waals surface area (Å²) < 4.78 is 6.27. The molecule has 0 spiro atoms. The summed E-state index contributed by atoms with van der Waals surface area (Å²) in [6, 6.07) is 8.90. The van der Waals surface area contributed by atoms with E-state index in [2.05, 4.69) is 44.2 Å². The molecule has 0 amide bonds. The predicted molar refractivity (Wildman–Crippen MR) is 96.1 cm³/mol. The van der Waals surface area contributed by atoms with Crippen molar-refractivity contribution in [3.8, 4) is 0 Å². The second-order valence-corrected chi connectivity index (χ2v) is 8.31. The summed E-state index contributed by atoms with van der Waals surface area (Å²) in [7, 11) is 0. The molecule has 0 radical (unpaired) electrons. The summed E-state index contributed by atoms with van der Waals surface area (Å²) >= 11 is 0. The summed E-state index contributed by atoms with van der Waals surface area (Å²) in [5.74, 6) is 4.35. The van der Waals surface area contributed by atoms with Gasteiger partial charge in [0, 0.05) is 0 Å². The highest BCUT2D eigenvalue weighted by atomic mass is 16.5. The Morgan fingerprint density at radius 2 is 1.78 bits per heavy atom. The molecule has 124 valence electrons. The van der Waals surface area contributed by atoms with Gasteiger partial charge in [0.1, 0.15) is 6.10 Å². The van der Waals surface area contributed by atoms with Gasteiger partial charge in [-0.15, -0.1) is 0 Å². The zero-order chi connectivity index (χ0) is 15.8. The molecule has 4 saturated carbocycles. The maximum absolute atomic E-state index is 6.27. The van der Waals surface area contributed by atoms with E-state index < -0.39 is 0 Å². The molecule has 5 rings (SSSR count). The quantitative estimate of drug-likeness (QED) is 0.605. The average molecular weight is 310 g/mol. The van der Waals surface area contributed by atoms with Gasteiger partial charge in [-0.1, -0.05) is 38.1 Å². The Balaban J connectivity index is 1.40. The Labute approximate surface area is 141 Å². The highest BCUT2D eigenvalue weighted by Gasteiger charge is 2.49. The molecular formula is C22H30O. The summed E-state index contributed by atoms with van der Waals surface area (Å²) in [5, 5.41) is 0. The van der Waals surface area contributed by atoms with Crippen LogP contribution in [0.3, 0.4) is 0 Å². The van der Waals surface area contributed by atoms with E-state index in [4.69, 9.17) is 4.74 Å². The summed E-state index contributed by atoms with van der Waals surface area (Å²) in [4.78, 5) is 0. The van der Waals surface area contributed by atoms with Gasteiger partial charge < -0.3 is 4.74 Å². The number of rotatable bonds is 5. The van der Waals surface area contributed by atoms with E-state index in [9.17, 15) is 0 Å². The minimum atomic E-state index is 0.497. The lowest BCUT2D eigenvalue weighted by Crippen LogP contribution is -2.48. The van der Waals surface area contributed by atoms with E-state index in [0.717, 1.165) is 23.7 Å². The van der Waals surface area contributed by atoms with Gasteiger partial charge in [0.15, 0.2) is 0 Å². The fourth-order valence-corrected chi connectivity index (χ4v) is 5.51. The van der Waals surface area contributed by atoms with Crippen LogP contribution in [0.4, 0.5) is 0 Å². The van der Waals surface area contributed by atoms with E-state index >= 15 is 0 Å². The monoisotopic (exact) mass is 310 g/mol. The van der Waals surface area contributed by atoms with Crippen molar-refractivity contribution in [3.05, 3.63) is 41.7 Å². The molecule has 1 heteroatoms. The third kappa shape index (κ3) is 3.07. The molecule has 1 aromatic rings. The lowest BCUT2D eigenvalue weighted by molar-refractivity contribution is -0.0968. The van der Waals surface area contributed by atoms with Crippen molar-refractivity contribution in [2.45, 2.75) is 64.4 Å². The summed E-state index contributed by atoms with van der Waals surface area (Å²) in [6.07, 6.45) is 13.1. The van der Waals surface area contributed by atoms with Crippen molar-refractivity contribution in [2.75, 3.05) is 0 Å². The van der Waals surface area contributed by atoms with Crippen molar-refractivity contribution in [1.29, 1.82) is 0 Å². The van der Waals surface area contributed by atoms with Gasteiger partial charge in [-0.25, -0.2) is 0 Å². The molecule has 0 aliphatic heterocycles. The second kappa shape index (κ2) is 6.34. The Morgan fingerprint density at radius 1 is 1.09 bits per heavy atom. The van der Waals surface area contributed by atoms with E-state index in [0.29, 0.717) is 12.0 Å². The Morgan fingerprint density at radius 3 is 2.43 bits per heavy atom. The smallest absolute Gasteiger partial charge is 0.103 e. The van der Waals surface area contributed by atoms with Gasteiger partial charge in [-0.2, -0.15) is 0 Å². The molecule has 4 bridgehead atoms. The van der Waals surface area contributed by atoms with Crippen LogP contribution in [0.2, 0.25) is 0 Å². The van der Waals surface area contributed by atoms with E-state index in [1.165, 1.54) is 49.7 Å². The first-order valence-electron chi connectivity index (χ1n) is 9.65.